The topological polar surface area (TPSA) is 103 Å². The van der Waals surface area contributed by atoms with Crippen molar-refractivity contribution in [2.45, 2.75) is 13.1 Å². The van der Waals surface area contributed by atoms with Crippen molar-refractivity contribution >= 4 is 11.9 Å². The first-order valence-electron chi connectivity index (χ1n) is 7.08. The monoisotopic (exact) mass is 307 g/mol. The summed E-state index contributed by atoms with van der Waals surface area (Å²) >= 11 is 0. The Morgan fingerprint density at radius 1 is 1.13 bits per heavy atom. The van der Waals surface area contributed by atoms with Gasteiger partial charge in [0, 0.05) is 18.3 Å². The predicted octanol–water partition coefficient (Wildman–Crippen LogP) is 0.795. The van der Waals surface area contributed by atoms with Crippen LogP contribution in [0.1, 0.15) is 21.7 Å². The van der Waals surface area contributed by atoms with Crippen LogP contribution < -0.4 is 5.73 Å². The fourth-order valence-corrected chi connectivity index (χ4v) is 2.52. The maximum Gasteiger partial charge on any atom is 0.276 e. The molecule has 4 rings (SSSR count). The van der Waals surface area contributed by atoms with E-state index in [0.717, 1.165) is 16.9 Å². The Balaban J connectivity index is 1.56. The van der Waals surface area contributed by atoms with Gasteiger partial charge in [-0.25, -0.2) is 9.97 Å². The lowest BCUT2D eigenvalue weighted by atomic mass is 10.3. The highest BCUT2D eigenvalue weighted by molar-refractivity contribution is 5.92. The van der Waals surface area contributed by atoms with Crippen LogP contribution in [0.5, 0.6) is 0 Å². The molecular formula is C15H13N7O. The minimum absolute atomic E-state index is 0.191. The van der Waals surface area contributed by atoms with Gasteiger partial charge in [0.1, 0.15) is 0 Å². The zero-order chi connectivity index (χ0) is 15.8. The molecule has 0 saturated carbocycles. The van der Waals surface area contributed by atoms with Crippen molar-refractivity contribution in [3.8, 4) is 5.69 Å². The van der Waals surface area contributed by atoms with E-state index in [2.05, 4.69) is 20.2 Å². The first-order valence-corrected chi connectivity index (χ1v) is 7.08. The van der Waals surface area contributed by atoms with Gasteiger partial charge in [-0.05, 0) is 12.1 Å². The van der Waals surface area contributed by atoms with Crippen LogP contribution in [0.4, 0.5) is 5.95 Å². The summed E-state index contributed by atoms with van der Waals surface area (Å²) in [5, 5.41) is 8.41. The van der Waals surface area contributed by atoms with Crippen LogP contribution in [0.15, 0.2) is 42.7 Å². The standard InChI is InChI=1S/C15H13N7O/c16-15-17-6-10-8-21(9-13(10)19-15)14(23)12-7-18-22(20-12)11-4-2-1-3-5-11/h1-7H,8-9H2,(H2,16,17,19). The number of fused-ring (bicyclic) bond motifs is 1. The largest absolute Gasteiger partial charge is 0.368 e. The highest BCUT2D eigenvalue weighted by Crippen LogP contribution is 2.22. The van der Waals surface area contributed by atoms with Gasteiger partial charge in [0.2, 0.25) is 5.95 Å². The number of nitrogen functional groups attached to an aromatic ring is 1. The van der Waals surface area contributed by atoms with Gasteiger partial charge in [0.05, 0.1) is 24.1 Å². The first kappa shape index (κ1) is 13.4. The van der Waals surface area contributed by atoms with E-state index in [1.165, 1.54) is 11.0 Å². The molecule has 0 atom stereocenters. The first-order chi connectivity index (χ1) is 11.2. The number of hydrogen-bond donors (Lipinski definition) is 1. The second-order valence-electron chi connectivity index (χ2n) is 5.22. The molecule has 0 radical (unpaired) electrons. The average molecular weight is 307 g/mol. The molecule has 0 saturated heterocycles. The van der Waals surface area contributed by atoms with Gasteiger partial charge < -0.3 is 10.6 Å². The lowest BCUT2D eigenvalue weighted by molar-refractivity contribution is 0.0744. The summed E-state index contributed by atoms with van der Waals surface area (Å²) in [6, 6.07) is 9.44. The molecule has 0 aliphatic carbocycles. The zero-order valence-corrected chi connectivity index (χ0v) is 12.1. The fourth-order valence-electron chi connectivity index (χ4n) is 2.52. The Hall–Kier alpha value is -3.29. The molecule has 8 nitrogen and oxygen atoms in total. The summed E-state index contributed by atoms with van der Waals surface area (Å²) in [5.74, 6) is 0.0248. The molecule has 0 bridgehead atoms. The van der Waals surface area contributed by atoms with Gasteiger partial charge in [0.15, 0.2) is 5.69 Å². The fraction of sp³-hybridized carbons (Fsp3) is 0.133. The lowest BCUT2D eigenvalue weighted by Crippen LogP contribution is -2.26. The van der Waals surface area contributed by atoms with E-state index in [4.69, 9.17) is 5.73 Å². The Bertz CT molecular complexity index is 875. The molecule has 1 aromatic carbocycles. The van der Waals surface area contributed by atoms with E-state index in [1.807, 2.05) is 30.3 Å². The molecule has 2 N–H and O–H groups in total. The summed E-state index contributed by atoms with van der Waals surface area (Å²) in [7, 11) is 0. The van der Waals surface area contributed by atoms with Crippen LogP contribution in [-0.2, 0) is 13.1 Å². The molecular weight excluding hydrogens is 294 g/mol. The number of rotatable bonds is 2. The zero-order valence-electron chi connectivity index (χ0n) is 12.1. The normalized spacial score (nSPS) is 13.1. The van der Waals surface area contributed by atoms with Crippen LogP contribution in [-0.4, -0.2) is 35.8 Å². The molecule has 3 heterocycles. The second-order valence-corrected chi connectivity index (χ2v) is 5.22. The number of carbonyl (C=O) groups is 1. The number of amides is 1. The van der Waals surface area contributed by atoms with Gasteiger partial charge in [-0.15, -0.1) is 5.10 Å². The number of para-hydroxylation sites is 1. The molecule has 0 spiro atoms. The molecule has 8 heteroatoms. The summed E-state index contributed by atoms with van der Waals surface area (Å²) in [4.78, 5) is 23.8. The molecule has 1 aliphatic rings. The maximum absolute atomic E-state index is 12.6. The molecule has 1 aliphatic heterocycles. The van der Waals surface area contributed by atoms with Gasteiger partial charge in [-0.1, -0.05) is 18.2 Å². The molecule has 1 amide bonds. The number of benzene rings is 1. The number of nitrogens with two attached hydrogens (primary N) is 1. The predicted molar refractivity (Wildman–Crippen MR) is 81.4 cm³/mol. The molecule has 2 aromatic heterocycles. The number of hydrogen-bond acceptors (Lipinski definition) is 6. The Kier molecular flexibility index (Phi) is 3.00. The van der Waals surface area contributed by atoms with Crippen LogP contribution in [0, 0.1) is 0 Å². The van der Waals surface area contributed by atoms with Crippen molar-refractivity contribution in [1.82, 2.24) is 29.9 Å². The van der Waals surface area contributed by atoms with Gasteiger partial charge >= 0.3 is 0 Å². The molecule has 23 heavy (non-hydrogen) atoms. The average Bonchev–Trinajstić information content (AvgIpc) is 3.21. The molecule has 3 aromatic rings. The van der Waals surface area contributed by atoms with Crippen molar-refractivity contribution in [3.63, 3.8) is 0 Å². The van der Waals surface area contributed by atoms with E-state index >= 15 is 0 Å². The summed E-state index contributed by atoms with van der Waals surface area (Å²) in [6.45, 7) is 0.853. The van der Waals surface area contributed by atoms with Gasteiger partial charge in [-0.3, -0.25) is 4.79 Å². The third kappa shape index (κ3) is 2.39. The quantitative estimate of drug-likeness (QED) is 0.751. The van der Waals surface area contributed by atoms with Crippen LogP contribution >= 0.6 is 0 Å². The van der Waals surface area contributed by atoms with Crippen molar-refractivity contribution in [2.75, 3.05) is 5.73 Å². The smallest absolute Gasteiger partial charge is 0.276 e. The summed E-state index contributed by atoms with van der Waals surface area (Å²) in [5.41, 5.74) is 8.36. The van der Waals surface area contributed by atoms with E-state index < -0.39 is 0 Å². The van der Waals surface area contributed by atoms with E-state index in [9.17, 15) is 4.79 Å². The minimum Gasteiger partial charge on any atom is -0.368 e. The number of carbonyl (C=O) groups excluding carboxylic acids is 1. The van der Waals surface area contributed by atoms with Crippen molar-refractivity contribution in [3.05, 3.63) is 59.7 Å². The SMILES string of the molecule is Nc1ncc2c(n1)CN(C(=O)c1cnn(-c3ccccc3)n1)C2. The summed E-state index contributed by atoms with van der Waals surface area (Å²) in [6.07, 6.45) is 3.13. The van der Waals surface area contributed by atoms with Crippen molar-refractivity contribution in [1.29, 1.82) is 0 Å². The molecule has 114 valence electrons. The Morgan fingerprint density at radius 3 is 2.78 bits per heavy atom. The number of aromatic nitrogens is 5. The second kappa shape index (κ2) is 5.16. The maximum atomic E-state index is 12.6. The van der Waals surface area contributed by atoms with E-state index in [1.54, 1.807) is 11.1 Å². The molecule has 0 unspecified atom stereocenters. The van der Waals surface area contributed by atoms with E-state index in [-0.39, 0.29) is 11.9 Å². The van der Waals surface area contributed by atoms with Crippen molar-refractivity contribution < 1.29 is 4.79 Å². The third-order valence-electron chi connectivity index (χ3n) is 3.66. The van der Waals surface area contributed by atoms with E-state index in [0.29, 0.717) is 18.8 Å². The Labute approximate surface area is 131 Å². The Morgan fingerprint density at radius 2 is 1.96 bits per heavy atom. The van der Waals surface area contributed by atoms with Gasteiger partial charge in [0.25, 0.3) is 5.91 Å². The molecule has 0 fully saturated rings. The third-order valence-corrected chi connectivity index (χ3v) is 3.66. The lowest BCUT2D eigenvalue weighted by Gasteiger charge is -2.12. The van der Waals surface area contributed by atoms with Crippen LogP contribution in [0.3, 0.4) is 0 Å². The van der Waals surface area contributed by atoms with Crippen LogP contribution in [0.2, 0.25) is 0 Å². The minimum atomic E-state index is -0.191. The van der Waals surface area contributed by atoms with Gasteiger partial charge in [-0.2, -0.15) is 9.90 Å². The van der Waals surface area contributed by atoms with Crippen molar-refractivity contribution in [2.24, 2.45) is 0 Å². The van der Waals surface area contributed by atoms with Crippen LogP contribution in [0.25, 0.3) is 5.69 Å². The highest BCUT2D eigenvalue weighted by Gasteiger charge is 2.27. The highest BCUT2D eigenvalue weighted by atomic mass is 16.2. The number of anilines is 1. The number of nitrogens with zero attached hydrogens (tertiary/aromatic N) is 6. The summed E-state index contributed by atoms with van der Waals surface area (Å²) < 4.78 is 0.